The van der Waals surface area contributed by atoms with Crippen LogP contribution >= 0.6 is 0 Å². The normalized spacial score (nSPS) is 18.4. The molecule has 1 atom stereocenters. The number of benzene rings is 1. The molecule has 3 aromatic rings. The van der Waals surface area contributed by atoms with Crippen LogP contribution in [0, 0.1) is 5.41 Å². The Morgan fingerprint density at radius 1 is 1.28 bits per heavy atom. The number of ether oxygens (including phenoxy) is 1. The second-order valence-corrected chi connectivity index (χ2v) is 9.09. The zero-order chi connectivity index (χ0) is 20.5. The average molecular weight is 393 g/mol. The van der Waals surface area contributed by atoms with Gasteiger partial charge in [-0.05, 0) is 30.7 Å². The standard InChI is InChI=1S/C23H23NO5/c1-23(2,3)19-9-14-13-5-4-6-18(28-12-7-8-12)21(13)29-20(14)16-10-17(25)15(22(26)27)11-24(16)19/h4-6,10-12,19H,7-9H2,1-3H3,(H,26,27)/t19-/m0/s1. The number of carbonyl (C=O) groups is 1. The van der Waals surface area contributed by atoms with E-state index in [0.29, 0.717) is 23.5 Å². The number of pyridine rings is 1. The van der Waals surface area contributed by atoms with Crippen molar-refractivity contribution in [1.82, 2.24) is 4.57 Å². The summed E-state index contributed by atoms with van der Waals surface area (Å²) in [6, 6.07) is 7.28. The minimum atomic E-state index is -1.21. The van der Waals surface area contributed by atoms with Gasteiger partial charge in [0.15, 0.2) is 22.5 Å². The summed E-state index contributed by atoms with van der Waals surface area (Å²) in [5, 5.41) is 10.4. The highest BCUT2D eigenvalue weighted by Crippen LogP contribution is 2.47. The van der Waals surface area contributed by atoms with Gasteiger partial charge in [0, 0.05) is 29.3 Å². The van der Waals surface area contributed by atoms with Crippen LogP contribution in [0.3, 0.4) is 0 Å². The molecule has 3 heterocycles. The molecule has 0 saturated heterocycles. The molecule has 6 nitrogen and oxygen atoms in total. The molecule has 1 fully saturated rings. The van der Waals surface area contributed by atoms with E-state index in [4.69, 9.17) is 9.15 Å². The number of aromatic nitrogens is 1. The van der Waals surface area contributed by atoms with Crippen molar-refractivity contribution in [3.63, 3.8) is 0 Å². The van der Waals surface area contributed by atoms with Crippen LogP contribution in [-0.2, 0) is 6.42 Å². The van der Waals surface area contributed by atoms with Gasteiger partial charge >= 0.3 is 5.97 Å². The summed E-state index contributed by atoms with van der Waals surface area (Å²) in [5.74, 6) is 0.137. The van der Waals surface area contributed by atoms with Crippen molar-refractivity contribution in [2.24, 2.45) is 5.41 Å². The maximum absolute atomic E-state index is 12.5. The van der Waals surface area contributed by atoms with Crippen LogP contribution in [-0.4, -0.2) is 21.7 Å². The fourth-order valence-corrected chi connectivity index (χ4v) is 4.18. The van der Waals surface area contributed by atoms with E-state index < -0.39 is 11.4 Å². The SMILES string of the molecule is CC(C)(C)[C@@H]1Cc2c(oc3c(OC4CC4)cccc23)-c2cc(=O)c(C(=O)O)cn21. The first-order valence-electron chi connectivity index (χ1n) is 9.95. The predicted octanol–water partition coefficient (Wildman–Crippen LogP) is 4.64. The number of hydrogen-bond donors (Lipinski definition) is 1. The van der Waals surface area contributed by atoms with Crippen molar-refractivity contribution < 1.29 is 19.1 Å². The molecule has 5 rings (SSSR count). The lowest BCUT2D eigenvalue weighted by Gasteiger charge is -2.37. The van der Waals surface area contributed by atoms with Crippen LogP contribution in [0.4, 0.5) is 0 Å². The molecule has 0 amide bonds. The van der Waals surface area contributed by atoms with Crippen molar-refractivity contribution in [2.75, 3.05) is 0 Å². The van der Waals surface area contributed by atoms with Crippen LogP contribution in [0.1, 0.15) is 55.6 Å². The number of para-hydroxylation sites is 1. The highest BCUT2D eigenvalue weighted by Gasteiger charge is 2.37. The molecule has 1 aliphatic carbocycles. The Morgan fingerprint density at radius 2 is 2.03 bits per heavy atom. The van der Waals surface area contributed by atoms with Crippen molar-refractivity contribution >= 4 is 16.9 Å². The molecule has 29 heavy (non-hydrogen) atoms. The van der Waals surface area contributed by atoms with E-state index in [1.54, 1.807) is 0 Å². The van der Waals surface area contributed by atoms with Gasteiger partial charge in [0.1, 0.15) is 5.56 Å². The van der Waals surface area contributed by atoms with Crippen LogP contribution in [0.15, 0.2) is 39.7 Å². The third-order valence-electron chi connectivity index (χ3n) is 5.88. The summed E-state index contributed by atoms with van der Waals surface area (Å²) in [4.78, 5) is 24.0. The number of hydrogen-bond acceptors (Lipinski definition) is 4. The van der Waals surface area contributed by atoms with Gasteiger partial charge in [-0.1, -0.05) is 32.9 Å². The molecule has 0 radical (unpaired) electrons. The van der Waals surface area contributed by atoms with E-state index in [1.807, 2.05) is 22.8 Å². The minimum Gasteiger partial charge on any atom is -0.486 e. The second kappa shape index (κ2) is 5.99. The summed E-state index contributed by atoms with van der Waals surface area (Å²) < 4.78 is 14.2. The highest BCUT2D eigenvalue weighted by molar-refractivity contribution is 5.92. The minimum absolute atomic E-state index is 0.0162. The van der Waals surface area contributed by atoms with Crippen LogP contribution < -0.4 is 10.2 Å². The maximum atomic E-state index is 12.5. The van der Waals surface area contributed by atoms with Gasteiger partial charge in [-0.3, -0.25) is 4.79 Å². The quantitative estimate of drug-likeness (QED) is 0.701. The molecule has 1 aromatic carbocycles. The first kappa shape index (κ1) is 18.0. The summed E-state index contributed by atoms with van der Waals surface area (Å²) in [6.07, 6.45) is 4.51. The number of carboxylic acids is 1. The highest BCUT2D eigenvalue weighted by atomic mass is 16.5. The van der Waals surface area contributed by atoms with Crippen molar-refractivity contribution in [2.45, 2.75) is 52.2 Å². The Balaban J connectivity index is 1.78. The lowest BCUT2D eigenvalue weighted by molar-refractivity contribution is 0.0693. The second-order valence-electron chi connectivity index (χ2n) is 9.09. The van der Waals surface area contributed by atoms with Crippen LogP contribution in [0.25, 0.3) is 22.4 Å². The molecule has 0 unspecified atom stereocenters. The van der Waals surface area contributed by atoms with Crippen molar-refractivity contribution in [3.8, 4) is 17.2 Å². The Hall–Kier alpha value is -3.02. The Morgan fingerprint density at radius 3 is 2.69 bits per heavy atom. The van der Waals surface area contributed by atoms with E-state index in [0.717, 1.165) is 29.5 Å². The van der Waals surface area contributed by atoms with E-state index in [-0.39, 0.29) is 23.1 Å². The van der Waals surface area contributed by atoms with E-state index in [1.165, 1.54) is 12.3 Å². The molecular weight excluding hydrogens is 370 g/mol. The summed E-state index contributed by atoms with van der Waals surface area (Å²) in [6.45, 7) is 6.36. The number of aromatic carboxylic acids is 1. The maximum Gasteiger partial charge on any atom is 0.341 e. The van der Waals surface area contributed by atoms with E-state index in [2.05, 4.69) is 20.8 Å². The Bertz CT molecular complexity index is 1210. The van der Waals surface area contributed by atoms with Gasteiger partial charge in [0.25, 0.3) is 0 Å². The van der Waals surface area contributed by atoms with Gasteiger partial charge in [-0.15, -0.1) is 0 Å². The zero-order valence-electron chi connectivity index (χ0n) is 16.7. The van der Waals surface area contributed by atoms with Gasteiger partial charge in [0.2, 0.25) is 0 Å². The molecule has 150 valence electrons. The molecular formula is C23H23NO5. The first-order chi connectivity index (χ1) is 13.7. The van der Waals surface area contributed by atoms with E-state index in [9.17, 15) is 14.7 Å². The van der Waals surface area contributed by atoms with Crippen molar-refractivity contribution in [1.29, 1.82) is 0 Å². The molecule has 0 spiro atoms. The smallest absolute Gasteiger partial charge is 0.341 e. The van der Waals surface area contributed by atoms with E-state index >= 15 is 0 Å². The molecule has 0 bridgehead atoms. The lowest BCUT2D eigenvalue weighted by Crippen LogP contribution is -2.32. The zero-order valence-corrected chi connectivity index (χ0v) is 16.7. The molecule has 2 aromatic heterocycles. The van der Waals surface area contributed by atoms with Gasteiger partial charge in [-0.2, -0.15) is 0 Å². The predicted molar refractivity (Wildman–Crippen MR) is 109 cm³/mol. The number of nitrogens with zero attached hydrogens (tertiary/aromatic N) is 1. The summed E-state index contributed by atoms with van der Waals surface area (Å²) in [7, 11) is 0. The van der Waals surface area contributed by atoms with Gasteiger partial charge in [-0.25, -0.2) is 4.79 Å². The fraction of sp³-hybridized carbons (Fsp3) is 0.391. The Kier molecular flexibility index (Phi) is 3.72. The monoisotopic (exact) mass is 393 g/mol. The Labute approximate surface area is 167 Å². The largest absolute Gasteiger partial charge is 0.486 e. The summed E-state index contributed by atoms with van der Waals surface area (Å²) >= 11 is 0. The van der Waals surface area contributed by atoms with Gasteiger partial charge in [0.05, 0.1) is 11.8 Å². The van der Waals surface area contributed by atoms with Crippen LogP contribution in [0.5, 0.6) is 5.75 Å². The fourth-order valence-electron chi connectivity index (χ4n) is 4.18. The number of rotatable bonds is 3. The number of furan rings is 1. The summed E-state index contributed by atoms with van der Waals surface area (Å²) in [5.41, 5.74) is 1.47. The molecule has 2 aliphatic rings. The number of carboxylic acid groups (broad SMARTS) is 1. The topological polar surface area (TPSA) is 81.7 Å². The van der Waals surface area contributed by atoms with Gasteiger partial charge < -0.3 is 18.8 Å². The first-order valence-corrected chi connectivity index (χ1v) is 9.95. The average Bonchev–Trinajstić information content (AvgIpc) is 3.37. The third-order valence-corrected chi connectivity index (χ3v) is 5.88. The number of fused-ring (bicyclic) bond motifs is 5. The molecule has 6 heteroatoms. The van der Waals surface area contributed by atoms with Crippen LogP contribution in [0.2, 0.25) is 0 Å². The lowest BCUT2D eigenvalue weighted by atomic mass is 9.80. The molecule has 1 aliphatic heterocycles. The molecule has 1 saturated carbocycles. The third kappa shape index (κ3) is 2.85. The molecule has 1 N–H and O–H groups in total. The van der Waals surface area contributed by atoms with Crippen molar-refractivity contribution in [3.05, 3.63) is 51.8 Å².